The molecule has 0 aliphatic rings. The summed E-state index contributed by atoms with van der Waals surface area (Å²) in [4.78, 5) is 15.3. The molecule has 2 N–H and O–H groups in total. The molecule has 0 radical (unpaired) electrons. The number of benzene rings is 1. The van der Waals surface area contributed by atoms with Crippen LogP contribution < -0.4 is 10.6 Å². The monoisotopic (exact) mass is 244 g/mol. The van der Waals surface area contributed by atoms with Crippen LogP contribution in [0.4, 0.5) is 17.3 Å². The minimum Gasteiger partial charge on any atom is -0.326 e. The van der Waals surface area contributed by atoms with E-state index in [0.717, 1.165) is 23.0 Å². The maximum absolute atomic E-state index is 10.9. The van der Waals surface area contributed by atoms with Gasteiger partial charge in [-0.05, 0) is 31.2 Å². The van der Waals surface area contributed by atoms with Gasteiger partial charge in [0.1, 0.15) is 0 Å². The molecule has 18 heavy (non-hydrogen) atoms. The van der Waals surface area contributed by atoms with Gasteiger partial charge in [0, 0.05) is 31.5 Å². The Kier molecular flexibility index (Phi) is 3.32. The summed E-state index contributed by atoms with van der Waals surface area (Å²) in [5.74, 6) is 0.718. The molecule has 94 valence electrons. The first-order valence-corrected chi connectivity index (χ1v) is 5.69. The number of amides is 1. The number of nitrogens with zero attached hydrogens (tertiary/aromatic N) is 2. The fraction of sp³-hybridized carbons (Fsp3) is 0.231. The third-order valence-corrected chi connectivity index (χ3v) is 2.46. The van der Waals surface area contributed by atoms with Crippen LogP contribution in [-0.2, 0) is 11.8 Å². The Hall–Kier alpha value is -2.30. The zero-order chi connectivity index (χ0) is 13.1. The lowest BCUT2D eigenvalue weighted by atomic mass is 10.3. The molecule has 0 aliphatic carbocycles. The van der Waals surface area contributed by atoms with E-state index in [1.54, 1.807) is 0 Å². The van der Waals surface area contributed by atoms with E-state index in [9.17, 15) is 4.79 Å². The van der Waals surface area contributed by atoms with Crippen LogP contribution in [0, 0.1) is 6.92 Å². The van der Waals surface area contributed by atoms with E-state index in [-0.39, 0.29) is 5.91 Å². The number of carbonyl (C=O) groups excluding carboxylic acids is 1. The van der Waals surface area contributed by atoms with Gasteiger partial charge in [0.25, 0.3) is 0 Å². The SMILES string of the molecule is CC(=O)Nc1ccc(Nc2nc(C)cn2C)cc1. The minimum atomic E-state index is -0.0737. The number of rotatable bonds is 3. The number of imidazole rings is 1. The number of hydrogen-bond donors (Lipinski definition) is 2. The van der Waals surface area contributed by atoms with E-state index < -0.39 is 0 Å². The van der Waals surface area contributed by atoms with Crippen molar-refractivity contribution in [3.63, 3.8) is 0 Å². The molecule has 2 rings (SSSR count). The Morgan fingerprint density at radius 1 is 1.22 bits per heavy atom. The summed E-state index contributed by atoms with van der Waals surface area (Å²) < 4.78 is 1.93. The third kappa shape index (κ3) is 2.88. The molecule has 0 saturated heterocycles. The average Bonchev–Trinajstić information content (AvgIpc) is 2.59. The molecule has 0 atom stereocenters. The van der Waals surface area contributed by atoms with Crippen LogP contribution in [0.25, 0.3) is 0 Å². The Balaban J connectivity index is 2.11. The molecule has 0 bridgehead atoms. The van der Waals surface area contributed by atoms with E-state index >= 15 is 0 Å². The highest BCUT2D eigenvalue weighted by Crippen LogP contribution is 2.18. The third-order valence-electron chi connectivity index (χ3n) is 2.46. The molecule has 1 aromatic heterocycles. The van der Waals surface area contributed by atoms with Crippen molar-refractivity contribution >= 4 is 23.2 Å². The Morgan fingerprint density at radius 2 is 1.83 bits per heavy atom. The number of carbonyl (C=O) groups is 1. The lowest BCUT2D eigenvalue weighted by molar-refractivity contribution is -0.114. The summed E-state index contributed by atoms with van der Waals surface area (Å²) in [6.07, 6.45) is 1.95. The van der Waals surface area contributed by atoms with Crippen molar-refractivity contribution in [3.8, 4) is 0 Å². The Morgan fingerprint density at radius 3 is 2.33 bits per heavy atom. The van der Waals surface area contributed by atoms with Gasteiger partial charge in [0.15, 0.2) is 0 Å². The quantitative estimate of drug-likeness (QED) is 0.871. The average molecular weight is 244 g/mol. The van der Waals surface area contributed by atoms with Gasteiger partial charge in [-0.2, -0.15) is 0 Å². The van der Waals surface area contributed by atoms with E-state index in [0.29, 0.717) is 0 Å². The first-order valence-electron chi connectivity index (χ1n) is 5.69. The van der Waals surface area contributed by atoms with Crippen molar-refractivity contribution in [1.29, 1.82) is 0 Å². The van der Waals surface area contributed by atoms with E-state index in [1.807, 2.05) is 49.0 Å². The molecule has 1 amide bonds. The topological polar surface area (TPSA) is 59.0 Å². The van der Waals surface area contributed by atoms with Gasteiger partial charge in [0.2, 0.25) is 11.9 Å². The molecule has 2 aromatic rings. The zero-order valence-corrected chi connectivity index (χ0v) is 10.7. The van der Waals surface area contributed by atoms with Crippen molar-refractivity contribution in [3.05, 3.63) is 36.2 Å². The smallest absolute Gasteiger partial charge is 0.221 e. The summed E-state index contributed by atoms with van der Waals surface area (Å²) in [5, 5.41) is 5.94. The van der Waals surface area contributed by atoms with Gasteiger partial charge in [-0.25, -0.2) is 4.98 Å². The van der Waals surface area contributed by atoms with Crippen molar-refractivity contribution in [2.24, 2.45) is 7.05 Å². The van der Waals surface area contributed by atoms with Gasteiger partial charge in [0.05, 0.1) is 5.69 Å². The molecule has 5 heteroatoms. The normalized spacial score (nSPS) is 10.2. The predicted molar refractivity (Wildman–Crippen MR) is 72.0 cm³/mol. The van der Waals surface area contributed by atoms with Crippen LogP contribution in [0.2, 0.25) is 0 Å². The van der Waals surface area contributed by atoms with Gasteiger partial charge >= 0.3 is 0 Å². The molecule has 0 aliphatic heterocycles. The number of aromatic nitrogens is 2. The zero-order valence-electron chi connectivity index (χ0n) is 10.7. The van der Waals surface area contributed by atoms with Gasteiger partial charge < -0.3 is 15.2 Å². The van der Waals surface area contributed by atoms with E-state index in [4.69, 9.17) is 0 Å². The summed E-state index contributed by atoms with van der Waals surface area (Å²) in [5.41, 5.74) is 2.68. The second-order valence-electron chi connectivity index (χ2n) is 4.20. The Labute approximate surface area is 106 Å². The number of hydrogen-bond acceptors (Lipinski definition) is 3. The van der Waals surface area contributed by atoms with Crippen LogP contribution in [-0.4, -0.2) is 15.5 Å². The predicted octanol–water partition coefficient (Wildman–Crippen LogP) is 2.43. The molecular formula is C13H16N4O. The lowest BCUT2D eigenvalue weighted by Gasteiger charge is -2.07. The molecule has 1 aromatic carbocycles. The maximum atomic E-state index is 10.9. The van der Waals surface area contributed by atoms with Crippen LogP contribution in [0.5, 0.6) is 0 Å². The van der Waals surface area contributed by atoms with Crippen molar-refractivity contribution in [1.82, 2.24) is 9.55 Å². The van der Waals surface area contributed by atoms with Crippen LogP contribution in [0.3, 0.4) is 0 Å². The fourth-order valence-corrected chi connectivity index (χ4v) is 1.70. The van der Waals surface area contributed by atoms with Gasteiger partial charge in [-0.15, -0.1) is 0 Å². The van der Waals surface area contributed by atoms with Crippen LogP contribution in [0.15, 0.2) is 30.5 Å². The molecular weight excluding hydrogens is 228 g/mol. The number of anilines is 3. The highest BCUT2D eigenvalue weighted by molar-refractivity contribution is 5.88. The second kappa shape index (κ2) is 4.91. The van der Waals surface area contributed by atoms with Crippen LogP contribution in [0.1, 0.15) is 12.6 Å². The summed E-state index contributed by atoms with van der Waals surface area (Å²) in [6, 6.07) is 7.49. The first-order chi connectivity index (χ1) is 8.54. The van der Waals surface area contributed by atoms with Gasteiger partial charge in [-0.3, -0.25) is 4.79 Å². The van der Waals surface area contributed by atoms with E-state index in [1.165, 1.54) is 6.92 Å². The Bertz CT molecular complexity index is 557. The molecule has 0 unspecified atom stereocenters. The summed E-state index contributed by atoms with van der Waals surface area (Å²) in [7, 11) is 1.94. The first kappa shape index (κ1) is 12.2. The van der Waals surface area contributed by atoms with Crippen molar-refractivity contribution < 1.29 is 4.79 Å². The van der Waals surface area contributed by atoms with E-state index in [2.05, 4.69) is 15.6 Å². The number of nitrogens with one attached hydrogen (secondary N) is 2. The molecule has 0 fully saturated rings. The lowest BCUT2D eigenvalue weighted by Crippen LogP contribution is -2.05. The highest BCUT2D eigenvalue weighted by Gasteiger charge is 2.02. The molecule has 1 heterocycles. The standard InChI is InChI=1S/C13H16N4O/c1-9-8-17(3)13(14-9)16-12-6-4-11(5-7-12)15-10(2)18/h4-8H,1-3H3,(H,14,16)(H,15,18). The molecule has 5 nitrogen and oxygen atoms in total. The molecule has 0 saturated carbocycles. The summed E-state index contributed by atoms with van der Waals surface area (Å²) in [6.45, 7) is 3.44. The highest BCUT2D eigenvalue weighted by atomic mass is 16.1. The molecule has 0 spiro atoms. The van der Waals surface area contributed by atoms with Crippen LogP contribution >= 0.6 is 0 Å². The van der Waals surface area contributed by atoms with Crippen molar-refractivity contribution in [2.75, 3.05) is 10.6 Å². The minimum absolute atomic E-state index is 0.0737. The van der Waals surface area contributed by atoms with Gasteiger partial charge in [-0.1, -0.05) is 0 Å². The largest absolute Gasteiger partial charge is 0.326 e. The van der Waals surface area contributed by atoms with Crippen molar-refractivity contribution in [2.45, 2.75) is 13.8 Å². The fourth-order valence-electron chi connectivity index (χ4n) is 1.70. The number of aryl methyl sites for hydroxylation is 2. The second-order valence-corrected chi connectivity index (χ2v) is 4.20. The summed E-state index contributed by atoms with van der Waals surface area (Å²) >= 11 is 0. The maximum Gasteiger partial charge on any atom is 0.221 e.